The van der Waals surface area contributed by atoms with E-state index in [0.717, 1.165) is 26.2 Å². The molecule has 12 saturated heterocycles. The van der Waals surface area contributed by atoms with Crippen molar-refractivity contribution in [1.82, 2.24) is 19.6 Å². The van der Waals surface area contributed by atoms with Gasteiger partial charge < -0.3 is 27.4 Å². The molecule has 14 rings (SSSR count). The maximum Gasteiger partial charge on any atom is 0.136 e. The quantitative estimate of drug-likeness (QED) is 0.310. The van der Waals surface area contributed by atoms with Crippen LogP contribution >= 0.6 is 0 Å². The molecule has 0 aliphatic carbocycles. The molecule has 300 valence electrons. The Balaban J connectivity index is 1.08. The SMILES string of the molecule is COc1c(C[N+]23CCN(CC2)CC3)cc(C(C)(C)c2cc(C[N+]34CCN(CC3)CC4)c(OC)c(C[N+]34CCN(CC3)CC4)c2)cc1C[N+]12CCN(CC1)CC2. The minimum atomic E-state index is -0.173. The summed E-state index contributed by atoms with van der Waals surface area (Å²) in [5.41, 5.74) is 8.59. The van der Waals surface area contributed by atoms with E-state index in [2.05, 4.69) is 57.7 Å². The van der Waals surface area contributed by atoms with E-state index in [0.29, 0.717) is 0 Å². The first-order valence-electron chi connectivity index (χ1n) is 22.3. The smallest absolute Gasteiger partial charge is 0.136 e. The second kappa shape index (κ2) is 13.9. The average molecular weight is 757 g/mol. The van der Waals surface area contributed by atoms with Crippen LogP contribution in [0.15, 0.2) is 24.3 Å². The molecule has 0 unspecified atom stereocenters. The van der Waals surface area contributed by atoms with Gasteiger partial charge in [-0.1, -0.05) is 13.8 Å². The number of rotatable bonds is 12. The third-order valence-electron chi connectivity index (χ3n) is 17.0. The second-order valence-electron chi connectivity index (χ2n) is 20.3. The highest BCUT2D eigenvalue weighted by molar-refractivity contribution is 5.53. The summed E-state index contributed by atoms with van der Waals surface area (Å²) in [6.45, 7) is 39.5. The van der Waals surface area contributed by atoms with Gasteiger partial charge in [0.2, 0.25) is 0 Å². The van der Waals surface area contributed by atoms with Gasteiger partial charge in [-0.2, -0.15) is 0 Å². The molecule has 12 heterocycles. The summed E-state index contributed by atoms with van der Waals surface area (Å²) in [4.78, 5) is 10.7. The first-order valence-corrected chi connectivity index (χ1v) is 22.3. The molecular formula is C45H72N8O2+4. The molecule has 12 aliphatic heterocycles. The molecular weight excluding hydrogens is 685 g/mol. The molecule has 0 atom stereocenters. The van der Waals surface area contributed by atoms with Crippen LogP contribution in [0.4, 0.5) is 0 Å². The standard InChI is InChI=1S/C45H72N8O2/c1-45(2,41-29-37(33-50-17-5-46(6-18-50)7-19-50)43(54-3)38(30-41)34-51-20-8-47(9-21-51)10-22-51)42-31-39(35-52-23-11-48(12-24-52)13-25-52)44(55-4)40(32-42)36-53-26-14-49(15-27-53)16-28-53/h29-32H,5-28,33-36H2,1-4H3/q+4. The Morgan fingerprint density at radius 1 is 0.400 bits per heavy atom. The second-order valence-corrected chi connectivity index (χ2v) is 20.3. The van der Waals surface area contributed by atoms with Gasteiger partial charge in [0.1, 0.15) is 37.7 Å². The number of ether oxygens (including phenoxy) is 2. The summed E-state index contributed by atoms with van der Waals surface area (Å²) >= 11 is 0. The molecule has 12 aliphatic rings. The summed E-state index contributed by atoms with van der Waals surface area (Å²) in [7, 11) is 3.91. The Kier molecular flexibility index (Phi) is 9.38. The summed E-state index contributed by atoms with van der Waals surface area (Å²) in [5, 5.41) is 0. The number of benzene rings is 2. The minimum Gasteiger partial charge on any atom is -0.496 e. The lowest BCUT2D eigenvalue weighted by molar-refractivity contribution is -0.954. The summed E-state index contributed by atoms with van der Waals surface area (Å²) < 4.78 is 18.0. The van der Waals surface area contributed by atoms with Crippen LogP contribution in [-0.4, -0.2) is 209 Å². The number of methoxy groups -OCH3 is 2. The van der Waals surface area contributed by atoms with Gasteiger partial charge in [-0.25, -0.2) is 0 Å². The molecule has 10 heteroatoms. The van der Waals surface area contributed by atoms with Crippen LogP contribution in [0.2, 0.25) is 0 Å². The Morgan fingerprint density at radius 2 is 0.600 bits per heavy atom. The molecule has 0 amide bonds. The Bertz CT molecular complexity index is 1450. The predicted molar refractivity (Wildman–Crippen MR) is 218 cm³/mol. The monoisotopic (exact) mass is 757 g/mol. The fraction of sp³-hybridized carbons (Fsp3) is 0.733. The normalized spacial score (nSPS) is 37.7. The number of hydrogen-bond donors (Lipinski definition) is 0. The Labute approximate surface area is 332 Å². The average Bonchev–Trinajstić information content (AvgIpc) is 3.23. The molecule has 0 radical (unpaired) electrons. The van der Waals surface area contributed by atoms with Gasteiger partial charge in [0, 0.05) is 106 Å². The van der Waals surface area contributed by atoms with E-state index in [9.17, 15) is 0 Å². The van der Waals surface area contributed by atoms with Crippen LogP contribution in [0, 0.1) is 0 Å². The van der Waals surface area contributed by atoms with E-state index in [1.165, 1.54) is 220 Å². The largest absolute Gasteiger partial charge is 0.496 e. The lowest BCUT2D eigenvalue weighted by Crippen LogP contribution is -2.66. The van der Waals surface area contributed by atoms with E-state index in [-0.39, 0.29) is 5.41 Å². The molecule has 0 aromatic heterocycles. The van der Waals surface area contributed by atoms with Gasteiger partial charge in [0.25, 0.3) is 0 Å². The lowest BCUT2D eigenvalue weighted by Gasteiger charge is -2.51. The zero-order valence-electron chi connectivity index (χ0n) is 35.0. The van der Waals surface area contributed by atoms with Gasteiger partial charge in [-0.3, -0.25) is 19.6 Å². The fourth-order valence-corrected chi connectivity index (χ4v) is 12.7. The van der Waals surface area contributed by atoms with Crippen molar-refractivity contribution in [2.75, 3.05) is 171 Å². The van der Waals surface area contributed by atoms with Crippen molar-refractivity contribution < 1.29 is 27.4 Å². The van der Waals surface area contributed by atoms with E-state index < -0.39 is 0 Å². The number of hydrogen-bond acceptors (Lipinski definition) is 6. The van der Waals surface area contributed by atoms with Crippen molar-refractivity contribution in [3.63, 3.8) is 0 Å². The number of piperazine rings is 12. The highest BCUT2D eigenvalue weighted by atomic mass is 16.5. The maximum atomic E-state index is 6.56. The zero-order chi connectivity index (χ0) is 37.5. The van der Waals surface area contributed by atoms with E-state index >= 15 is 0 Å². The summed E-state index contributed by atoms with van der Waals surface area (Å²) in [6, 6.07) is 10.5. The Morgan fingerprint density at radius 3 is 0.782 bits per heavy atom. The van der Waals surface area contributed by atoms with E-state index in [4.69, 9.17) is 9.47 Å². The topological polar surface area (TPSA) is 31.4 Å². The third kappa shape index (κ3) is 6.74. The predicted octanol–water partition coefficient (Wildman–Crippen LogP) is 2.61. The van der Waals surface area contributed by atoms with Gasteiger partial charge in [-0.05, 0) is 35.4 Å². The van der Waals surface area contributed by atoms with Crippen molar-refractivity contribution in [3.05, 3.63) is 57.6 Å². The maximum absolute atomic E-state index is 6.56. The van der Waals surface area contributed by atoms with Crippen LogP contribution in [-0.2, 0) is 31.6 Å². The molecule has 2 aromatic carbocycles. The van der Waals surface area contributed by atoms with E-state index in [1.54, 1.807) is 0 Å². The van der Waals surface area contributed by atoms with Crippen LogP contribution < -0.4 is 9.47 Å². The van der Waals surface area contributed by atoms with Crippen LogP contribution in [0.1, 0.15) is 47.2 Å². The Hall–Kier alpha value is -2.28. The molecule has 10 nitrogen and oxygen atoms in total. The number of quaternary nitrogens is 4. The summed E-state index contributed by atoms with van der Waals surface area (Å²) in [6.07, 6.45) is 0. The van der Waals surface area contributed by atoms with Gasteiger partial charge in [0.15, 0.2) is 0 Å². The minimum absolute atomic E-state index is 0.173. The number of nitrogens with zero attached hydrogens (tertiary/aromatic N) is 8. The van der Waals surface area contributed by atoms with E-state index in [1.807, 2.05) is 14.2 Å². The van der Waals surface area contributed by atoms with Crippen LogP contribution in [0.5, 0.6) is 11.5 Å². The zero-order valence-corrected chi connectivity index (χ0v) is 35.0. The molecule has 12 fully saturated rings. The van der Waals surface area contributed by atoms with Crippen molar-refractivity contribution in [2.45, 2.75) is 45.4 Å². The highest BCUT2D eigenvalue weighted by Gasteiger charge is 2.45. The van der Waals surface area contributed by atoms with Crippen molar-refractivity contribution in [2.24, 2.45) is 0 Å². The van der Waals surface area contributed by atoms with Crippen molar-refractivity contribution in [3.8, 4) is 11.5 Å². The molecule has 8 bridgehead atoms. The molecule has 0 N–H and O–H groups in total. The van der Waals surface area contributed by atoms with Crippen molar-refractivity contribution >= 4 is 0 Å². The third-order valence-corrected chi connectivity index (χ3v) is 17.0. The summed E-state index contributed by atoms with van der Waals surface area (Å²) in [5.74, 6) is 2.38. The van der Waals surface area contributed by atoms with Gasteiger partial charge in [0.05, 0.1) is 92.8 Å². The first-order chi connectivity index (χ1) is 26.6. The fourth-order valence-electron chi connectivity index (χ4n) is 12.7. The lowest BCUT2D eigenvalue weighted by atomic mass is 9.75. The molecule has 0 saturated carbocycles. The first kappa shape index (κ1) is 37.0. The number of fused-ring (bicyclic) bond motifs is 12. The van der Waals surface area contributed by atoms with Gasteiger partial charge >= 0.3 is 0 Å². The van der Waals surface area contributed by atoms with Gasteiger partial charge in [-0.15, -0.1) is 0 Å². The highest BCUT2D eigenvalue weighted by Crippen LogP contribution is 2.43. The van der Waals surface area contributed by atoms with Crippen LogP contribution in [0.3, 0.4) is 0 Å². The van der Waals surface area contributed by atoms with Crippen LogP contribution in [0.25, 0.3) is 0 Å². The molecule has 0 spiro atoms. The van der Waals surface area contributed by atoms with Crippen molar-refractivity contribution in [1.29, 1.82) is 0 Å². The molecule has 2 aromatic rings. The molecule has 55 heavy (non-hydrogen) atoms.